The normalized spacial score (nSPS) is 11.9. The minimum atomic E-state index is -2.78. The van der Waals surface area contributed by atoms with Gasteiger partial charge in [-0.15, -0.1) is 0 Å². The molecule has 0 amide bonds. The zero-order valence-electron chi connectivity index (χ0n) is 37.1. The van der Waals surface area contributed by atoms with Gasteiger partial charge in [-0.1, -0.05) is 146 Å². The van der Waals surface area contributed by atoms with E-state index in [2.05, 4.69) is 4.90 Å². The summed E-state index contributed by atoms with van der Waals surface area (Å²) in [6.07, 6.45) is 0. The molecule has 0 spiro atoms. The predicted molar refractivity (Wildman–Crippen MR) is 255 cm³/mol. The topological polar surface area (TPSA) is 99.2 Å². The molecule has 0 N–H and O–H groups in total. The number of rotatable bonds is 12. The van der Waals surface area contributed by atoms with Gasteiger partial charge >= 0.3 is 40.8 Å². The van der Waals surface area contributed by atoms with Crippen LogP contribution in [0.3, 0.4) is 0 Å². The third-order valence-electron chi connectivity index (χ3n) is 10.0. The molecule has 0 aromatic heterocycles. The van der Waals surface area contributed by atoms with Crippen molar-refractivity contribution in [2.45, 2.75) is 98.6 Å². The van der Waals surface area contributed by atoms with Crippen molar-refractivity contribution in [2.75, 3.05) is 15.2 Å². The molecule has 61 heavy (non-hydrogen) atoms. The van der Waals surface area contributed by atoms with Crippen LogP contribution >= 0.6 is 7.14 Å². The van der Waals surface area contributed by atoms with Gasteiger partial charge in [-0.05, 0) is 97.2 Å². The Labute approximate surface area is 397 Å². The molecule has 6 rings (SSSR count). The Morgan fingerprint density at radius 3 is 0.820 bits per heavy atom. The third-order valence-corrected chi connectivity index (χ3v) is 13.1. The van der Waals surface area contributed by atoms with Crippen LogP contribution in [0.25, 0.3) is 0 Å². The second-order valence-electron chi connectivity index (χ2n) is 18.0. The Hall–Kier alpha value is -3.86. The van der Waals surface area contributed by atoms with E-state index in [4.69, 9.17) is 0 Å². The van der Waals surface area contributed by atoms with E-state index in [0.29, 0.717) is 36.7 Å². The molecule has 0 saturated carbocycles. The van der Waals surface area contributed by atoms with Crippen LogP contribution in [0.5, 0.6) is 0 Å². The summed E-state index contributed by atoms with van der Waals surface area (Å²) in [5.74, 6) is 0. The van der Waals surface area contributed by atoms with Crippen LogP contribution < -0.4 is 31.1 Å². The fourth-order valence-corrected chi connectivity index (χ4v) is 9.53. The molecular formula is C51H60N4NdO4P. The van der Waals surface area contributed by atoms with Crippen molar-refractivity contribution in [3.63, 3.8) is 0 Å². The summed E-state index contributed by atoms with van der Waals surface area (Å²) in [7, 11) is -2.78. The van der Waals surface area contributed by atoms with E-state index in [1.54, 1.807) is 0 Å². The smallest absolute Gasteiger partial charge is 0.758 e. The first-order chi connectivity index (χ1) is 28.3. The van der Waals surface area contributed by atoms with Crippen molar-refractivity contribution in [1.29, 1.82) is 0 Å². The van der Waals surface area contributed by atoms with Crippen LogP contribution in [0.2, 0.25) is 0 Å². The number of hydrogen-bond donors (Lipinski definition) is 0. The summed E-state index contributed by atoms with van der Waals surface area (Å²) in [6, 6.07) is 52.1. The minimum absolute atomic E-state index is 0. The van der Waals surface area contributed by atoms with E-state index in [1.807, 2.05) is 226 Å². The maximum Gasteiger partial charge on any atom is 3.00 e. The summed E-state index contributed by atoms with van der Waals surface area (Å²) in [4.78, 5) is 2.19. The average molecular weight is 968 g/mol. The minimum Gasteiger partial charge on any atom is -0.758 e. The summed E-state index contributed by atoms with van der Waals surface area (Å²) < 4.78 is 13.8. The first kappa shape index (κ1) is 49.8. The maximum atomic E-state index is 13.8. The second-order valence-corrected chi connectivity index (χ2v) is 20.8. The number of anilines is 3. The Kier molecular flexibility index (Phi) is 17.5. The number of hydroxylamine groups is 3. The molecule has 317 valence electrons. The molecule has 0 heterocycles. The Balaban J connectivity index is 0.000000325. The van der Waals surface area contributed by atoms with Gasteiger partial charge in [-0.25, -0.2) is 0 Å². The van der Waals surface area contributed by atoms with E-state index in [0.717, 1.165) is 47.8 Å². The van der Waals surface area contributed by atoms with Crippen molar-refractivity contribution in [3.05, 3.63) is 196 Å². The molecular weight excluding hydrogens is 908 g/mol. The van der Waals surface area contributed by atoms with Gasteiger partial charge in [0.2, 0.25) is 0 Å². The second kappa shape index (κ2) is 21.5. The molecule has 10 heteroatoms. The molecule has 0 aliphatic rings. The Morgan fingerprint density at radius 2 is 0.590 bits per heavy atom. The molecule has 0 atom stereocenters. The van der Waals surface area contributed by atoms with Crippen LogP contribution in [0.15, 0.2) is 164 Å². The van der Waals surface area contributed by atoms with E-state index in [9.17, 15) is 20.2 Å². The van der Waals surface area contributed by atoms with E-state index >= 15 is 0 Å². The molecule has 0 aliphatic carbocycles. The van der Waals surface area contributed by atoms with Crippen LogP contribution in [0.4, 0.5) is 17.1 Å². The van der Waals surface area contributed by atoms with Crippen LogP contribution in [0, 0.1) is 56.5 Å². The van der Waals surface area contributed by atoms with Crippen molar-refractivity contribution < 1.29 is 45.4 Å². The van der Waals surface area contributed by atoms with Gasteiger partial charge in [0.1, 0.15) is 0 Å². The zero-order chi connectivity index (χ0) is 43.7. The number of benzene rings is 6. The first-order valence-corrected chi connectivity index (χ1v) is 22.2. The van der Waals surface area contributed by atoms with Gasteiger partial charge in [-0.2, -0.15) is 0 Å². The molecule has 8 nitrogen and oxygen atoms in total. The van der Waals surface area contributed by atoms with E-state index in [-0.39, 0.29) is 40.8 Å². The molecule has 6 aromatic rings. The molecule has 1 radical (unpaired) electrons. The van der Waals surface area contributed by atoms with Gasteiger partial charge in [0.15, 0.2) is 7.14 Å². The number of hydrogen-bond acceptors (Lipinski definition) is 8. The van der Waals surface area contributed by atoms with Crippen LogP contribution in [0.1, 0.15) is 79.0 Å². The molecule has 6 aromatic carbocycles. The number of para-hydroxylation sites is 3. The molecule has 0 aliphatic heterocycles. The fraction of sp³-hybridized carbons (Fsp3) is 0.294. The van der Waals surface area contributed by atoms with Gasteiger partial charge in [0.25, 0.3) is 0 Å². The van der Waals surface area contributed by atoms with Gasteiger partial charge in [0.05, 0.1) is 0 Å². The van der Waals surface area contributed by atoms with Crippen LogP contribution in [-0.2, 0) is 24.2 Å². The Bertz CT molecular complexity index is 2050. The quantitative estimate of drug-likeness (QED) is 0.0883. The van der Waals surface area contributed by atoms with E-state index in [1.165, 1.54) is 0 Å². The standard InChI is InChI=1S/C33H45N4O3.C18H15OP.Nd/c1-31(2,3)35(38)28-19-13-10-16-25(28)22-34(23-26-17-11-14-20-29(26)36(39)32(4,5)6)24-27-18-12-15-21-30(27)37(40)33(7,8)9;19-20(16-10-4-1-5-11-16,17-12-6-2-7-13-17)18-14-8-3-9-15-18;/h10-21H,22-24H2,1-9H3;1-15H;/q-3;;+3. The van der Waals surface area contributed by atoms with E-state index < -0.39 is 23.8 Å². The molecule has 0 unspecified atom stereocenters. The summed E-state index contributed by atoms with van der Waals surface area (Å²) >= 11 is 0. The van der Waals surface area contributed by atoms with Gasteiger partial charge in [-0.3, -0.25) is 4.90 Å². The maximum absolute atomic E-state index is 13.8. The predicted octanol–water partition coefficient (Wildman–Crippen LogP) is 11.5. The van der Waals surface area contributed by atoms with Crippen molar-refractivity contribution in [3.8, 4) is 0 Å². The molecule has 0 bridgehead atoms. The fourth-order valence-electron chi connectivity index (χ4n) is 6.86. The first-order valence-electron chi connectivity index (χ1n) is 20.5. The largest absolute Gasteiger partial charge is 3.00 e. The van der Waals surface area contributed by atoms with Crippen molar-refractivity contribution in [1.82, 2.24) is 4.90 Å². The van der Waals surface area contributed by atoms with Gasteiger partial charge in [0, 0.05) is 69.2 Å². The SMILES string of the molecule is CC(C)(C)N([O-])c1ccccc1CN(Cc1ccccc1N([O-])C(C)(C)C)Cc1ccccc1N([O-])C(C)(C)C.O=P(c1ccccc1)(c1ccccc1)c1ccccc1.[Nd+3]. The Morgan fingerprint density at radius 1 is 0.377 bits per heavy atom. The summed E-state index contributed by atoms with van der Waals surface area (Å²) in [5.41, 5.74) is 2.67. The zero-order valence-corrected chi connectivity index (χ0v) is 41.2. The summed E-state index contributed by atoms with van der Waals surface area (Å²) in [6.45, 7) is 18.4. The van der Waals surface area contributed by atoms with Gasteiger partial charge < -0.3 is 35.4 Å². The third kappa shape index (κ3) is 12.9. The van der Waals surface area contributed by atoms with Crippen molar-refractivity contribution >= 4 is 40.1 Å². The van der Waals surface area contributed by atoms with Crippen LogP contribution in [-0.4, -0.2) is 21.5 Å². The van der Waals surface area contributed by atoms with Crippen molar-refractivity contribution in [2.24, 2.45) is 0 Å². The summed E-state index contributed by atoms with van der Waals surface area (Å²) in [5, 5.41) is 45.7. The molecule has 0 fully saturated rings. The molecule has 0 saturated heterocycles. The monoisotopic (exact) mass is 965 g/mol. The number of nitrogens with zero attached hydrogens (tertiary/aromatic N) is 4. The average Bonchev–Trinajstić information content (AvgIpc) is 3.23.